The highest BCUT2D eigenvalue weighted by atomic mass is 16.5. The number of ether oxygens (including phenoxy) is 2. The number of rotatable bonds is 4. The Hall–Kier alpha value is -2.32. The van der Waals surface area contributed by atoms with Crippen LogP contribution in [0.1, 0.15) is 29.0 Å². The number of aryl methyl sites for hydroxylation is 1. The van der Waals surface area contributed by atoms with Crippen molar-refractivity contribution in [3.63, 3.8) is 0 Å². The van der Waals surface area contributed by atoms with Crippen LogP contribution in [0.25, 0.3) is 0 Å². The predicted octanol–water partition coefficient (Wildman–Crippen LogP) is 0.799. The minimum Gasteiger partial charge on any atom is -0.374 e. The second-order valence-electron chi connectivity index (χ2n) is 6.43. The van der Waals surface area contributed by atoms with Gasteiger partial charge in [0.2, 0.25) is 5.82 Å². The average molecular weight is 343 g/mol. The van der Waals surface area contributed by atoms with E-state index >= 15 is 0 Å². The lowest BCUT2D eigenvalue weighted by atomic mass is 10.1. The van der Waals surface area contributed by atoms with Gasteiger partial charge in [-0.1, -0.05) is 0 Å². The first-order valence-corrected chi connectivity index (χ1v) is 8.51. The summed E-state index contributed by atoms with van der Waals surface area (Å²) in [4.78, 5) is 22.8. The second kappa shape index (κ2) is 6.89. The molecular formula is C17H21N5O3. The maximum absolute atomic E-state index is 12.8. The van der Waals surface area contributed by atoms with Crippen LogP contribution >= 0.6 is 0 Å². The fourth-order valence-corrected chi connectivity index (χ4v) is 3.60. The molecule has 2 aromatic rings. The summed E-state index contributed by atoms with van der Waals surface area (Å²) in [6, 6.07) is 3.85. The molecule has 132 valence electrons. The number of amides is 1. The highest BCUT2D eigenvalue weighted by Gasteiger charge is 2.45. The lowest BCUT2D eigenvalue weighted by Crippen LogP contribution is -2.46. The summed E-state index contributed by atoms with van der Waals surface area (Å²) in [5.41, 5.74) is 1.06. The zero-order chi connectivity index (χ0) is 17.2. The Kier molecular flexibility index (Phi) is 4.46. The van der Waals surface area contributed by atoms with Crippen molar-refractivity contribution < 1.29 is 14.3 Å². The molecule has 0 radical (unpaired) electrons. The lowest BCUT2D eigenvalue weighted by molar-refractivity contribution is -0.0598. The summed E-state index contributed by atoms with van der Waals surface area (Å²) in [7, 11) is 1.75. The van der Waals surface area contributed by atoms with Gasteiger partial charge in [-0.3, -0.25) is 14.5 Å². The van der Waals surface area contributed by atoms with E-state index in [1.54, 1.807) is 19.4 Å². The van der Waals surface area contributed by atoms with E-state index in [9.17, 15) is 4.79 Å². The van der Waals surface area contributed by atoms with Crippen LogP contribution < -0.4 is 0 Å². The molecule has 3 atom stereocenters. The Morgan fingerprint density at radius 2 is 2.20 bits per heavy atom. The molecule has 3 heterocycles. The van der Waals surface area contributed by atoms with Crippen LogP contribution in [0.3, 0.4) is 0 Å². The largest absolute Gasteiger partial charge is 0.374 e. The van der Waals surface area contributed by atoms with Crippen LogP contribution in [0.5, 0.6) is 0 Å². The number of hydrogen-bond acceptors (Lipinski definition) is 6. The summed E-state index contributed by atoms with van der Waals surface area (Å²) in [6.07, 6.45) is 6.69. The van der Waals surface area contributed by atoms with E-state index in [0.717, 1.165) is 18.4 Å². The molecule has 0 aromatic carbocycles. The molecule has 2 aliphatic rings. The third-order valence-corrected chi connectivity index (χ3v) is 4.80. The highest BCUT2D eigenvalue weighted by molar-refractivity contribution is 5.90. The van der Waals surface area contributed by atoms with Gasteiger partial charge in [-0.15, -0.1) is 5.10 Å². The van der Waals surface area contributed by atoms with Crippen LogP contribution in [-0.4, -0.2) is 62.0 Å². The number of carbonyl (C=O) groups excluding carboxylic acids is 1. The topological polar surface area (TPSA) is 82.4 Å². The zero-order valence-corrected chi connectivity index (χ0v) is 14.1. The summed E-state index contributed by atoms with van der Waals surface area (Å²) in [5.74, 6) is 0.0648. The van der Waals surface area contributed by atoms with Gasteiger partial charge in [-0.2, -0.15) is 0 Å². The molecule has 0 spiro atoms. The number of aromatic nitrogens is 4. The predicted molar refractivity (Wildman–Crippen MR) is 87.6 cm³/mol. The van der Waals surface area contributed by atoms with Crippen molar-refractivity contribution >= 4 is 5.91 Å². The van der Waals surface area contributed by atoms with Crippen LogP contribution in [0.15, 0.2) is 30.9 Å². The second-order valence-corrected chi connectivity index (χ2v) is 6.43. The molecule has 2 aromatic heterocycles. The maximum atomic E-state index is 12.8. The smallest absolute Gasteiger partial charge is 0.293 e. The monoisotopic (exact) mass is 343 g/mol. The van der Waals surface area contributed by atoms with Crippen LogP contribution in [0.4, 0.5) is 0 Å². The highest BCUT2D eigenvalue weighted by Crippen LogP contribution is 2.33. The van der Waals surface area contributed by atoms with Crippen molar-refractivity contribution in [2.45, 2.75) is 37.7 Å². The number of carbonyl (C=O) groups is 1. The molecule has 25 heavy (non-hydrogen) atoms. The summed E-state index contributed by atoms with van der Waals surface area (Å²) in [5, 5.41) is 4.14. The van der Waals surface area contributed by atoms with E-state index in [-0.39, 0.29) is 30.0 Å². The Morgan fingerprint density at radius 3 is 2.96 bits per heavy atom. The third kappa shape index (κ3) is 3.27. The van der Waals surface area contributed by atoms with Gasteiger partial charge in [0.05, 0.1) is 25.4 Å². The van der Waals surface area contributed by atoms with Crippen molar-refractivity contribution in [2.75, 3.05) is 13.2 Å². The van der Waals surface area contributed by atoms with Crippen molar-refractivity contribution in [1.29, 1.82) is 0 Å². The number of nitrogens with zero attached hydrogens (tertiary/aromatic N) is 5. The Morgan fingerprint density at radius 1 is 1.36 bits per heavy atom. The van der Waals surface area contributed by atoms with Gasteiger partial charge in [0.25, 0.3) is 5.91 Å². The molecule has 1 saturated carbocycles. The quantitative estimate of drug-likeness (QED) is 0.817. The van der Waals surface area contributed by atoms with Gasteiger partial charge in [0.15, 0.2) is 0 Å². The van der Waals surface area contributed by atoms with E-state index in [1.807, 2.05) is 17.0 Å². The fraction of sp³-hybridized carbons (Fsp3) is 0.529. The van der Waals surface area contributed by atoms with E-state index in [1.165, 1.54) is 11.0 Å². The first-order chi connectivity index (χ1) is 12.2. The summed E-state index contributed by atoms with van der Waals surface area (Å²) < 4.78 is 13.6. The molecule has 0 unspecified atom stereocenters. The van der Waals surface area contributed by atoms with E-state index in [0.29, 0.717) is 19.8 Å². The molecule has 1 aliphatic carbocycles. The van der Waals surface area contributed by atoms with Crippen LogP contribution in [0.2, 0.25) is 0 Å². The SMILES string of the molecule is Cn1cnc(C(=O)N2CCO[C@H]3CC[C@H]2[C@H]3OCc2ccncc2)n1. The number of fused-ring (bicyclic) bond motifs is 2. The summed E-state index contributed by atoms with van der Waals surface area (Å²) >= 11 is 0. The van der Waals surface area contributed by atoms with Crippen molar-refractivity contribution in [3.05, 3.63) is 42.2 Å². The Labute approximate surface area is 145 Å². The molecule has 0 N–H and O–H groups in total. The normalized spacial score (nSPS) is 25.8. The van der Waals surface area contributed by atoms with Crippen molar-refractivity contribution in [3.8, 4) is 0 Å². The molecule has 4 rings (SSSR count). The average Bonchev–Trinajstić information content (AvgIpc) is 3.17. The van der Waals surface area contributed by atoms with E-state index in [4.69, 9.17) is 9.47 Å². The zero-order valence-electron chi connectivity index (χ0n) is 14.1. The van der Waals surface area contributed by atoms with Gasteiger partial charge in [-0.25, -0.2) is 4.98 Å². The summed E-state index contributed by atoms with van der Waals surface area (Å²) in [6.45, 7) is 1.52. The molecule has 1 saturated heterocycles. The van der Waals surface area contributed by atoms with Gasteiger partial charge in [0.1, 0.15) is 12.4 Å². The van der Waals surface area contributed by atoms with Gasteiger partial charge < -0.3 is 14.4 Å². The Bertz CT molecular complexity index is 735. The van der Waals surface area contributed by atoms with Crippen molar-refractivity contribution in [2.24, 2.45) is 7.05 Å². The van der Waals surface area contributed by atoms with Gasteiger partial charge >= 0.3 is 0 Å². The number of pyridine rings is 1. The maximum Gasteiger partial charge on any atom is 0.293 e. The molecule has 1 amide bonds. The minimum atomic E-state index is -0.158. The lowest BCUT2D eigenvalue weighted by Gasteiger charge is -2.30. The molecule has 2 bridgehead atoms. The molecule has 8 heteroatoms. The first-order valence-electron chi connectivity index (χ1n) is 8.51. The third-order valence-electron chi connectivity index (χ3n) is 4.80. The van der Waals surface area contributed by atoms with E-state index in [2.05, 4.69) is 15.1 Å². The van der Waals surface area contributed by atoms with Crippen molar-refractivity contribution in [1.82, 2.24) is 24.6 Å². The van der Waals surface area contributed by atoms with E-state index < -0.39 is 0 Å². The minimum absolute atomic E-state index is 0.00866. The van der Waals surface area contributed by atoms with Crippen LogP contribution in [0, 0.1) is 0 Å². The molecule has 2 fully saturated rings. The Balaban J connectivity index is 1.50. The fourth-order valence-electron chi connectivity index (χ4n) is 3.60. The first kappa shape index (κ1) is 16.2. The van der Waals surface area contributed by atoms with Gasteiger partial charge in [-0.05, 0) is 30.5 Å². The standard InChI is InChI=1S/C17H21N5O3/c1-21-11-19-16(20-21)17(23)22-8-9-24-14-3-2-13(22)15(14)25-10-12-4-6-18-7-5-12/h4-7,11,13-15H,2-3,8-10H2,1H3/t13-,14-,15+/m0/s1. The molecule has 1 aliphatic heterocycles. The van der Waals surface area contributed by atoms with Gasteiger partial charge in [0, 0.05) is 26.0 Å². The van der Waals surface area contributed by atoms with Crippen LogP contribution in [-0.2, 0) is 23.1 Å². The number of hydrogen-bond donors (Lipinski definition) is 0. The molecule has 8 nitrogen and oxygen atoms in total. The molecular weight excluding hydrogens is 322 g/mol.